The summed E-state index contributed by atoms with van der Waals surface area (Å²) in [4.78, 5) is 23.7. The second kappa shape index (κ2) is 6.26. The highest BCUT2D eigenvalue weighted by molar-refractivity contribution is 5.96. The Labute approximate surface area is 109 Å². The van der Waals surface area contributed by atoms with E-state index in [0.717, 1.165) is 17.0 Å². The molecule has 4 nitrogen and oxygen atoms in total. The fourth-order valence-corrected chi connectivity index (χ4v) is 1.67. The highest BCUT2D eigenvalue weighted by Gasteiger charge is 2.22. The molecule has 0 aliphatic carbocycles. The van der Waals surface area contributed by atoms with E-state index >= 15 is 0 Å². The predicted octanol–water partition coefficient (Wildman–Crippen LogP) is 2.21. The van der Waals surface area contributed by atoms with Gasteiger partial charge in [-0.3, -0.25) is 9.59 Å². The van der Waals surface area contributed by atoms with E-state index in [1.54, 1.807) is 6.92 Å². The summed E-state index contributed by atoms with van der Waals surface area (Å²) in [5.41, 5.74) is -0.355. The van der Waals surface area contributed by atoms with Gasteiger partial charge in [0.25, 0.3) is 5.91 Å². The van der Waals surface area contributed by atoms with Crippen LogP contribution in [0.2, 0.25) is 0 Å². The zero-order chi connectivity index (χ0) is 14.6. The molecule has 6 heteroatoms. The maximum Gasteiger partial charge on any atom is 0.323 e. The van der Waals surface area contributed by atoms with E-state index in [4.69, 9.17) is 5.11 Å². The Morgan fingerprint density at radius 1 is 1.26 bits per heavy atom. The smallest absolute Gasteiger partial charge is 0.323 e. The third kappa shape index (κ3) is 3.74. The van der Waals surface area contributed by atoms with Crippen molar-refractivity contribution in [1.82, 2.24) is 4.90 Å². The van der Waals surface area contributed by atoms with Gasteiger partial charge >= 0.3 is 5.97 Å². The van der Waals surface area contributed by atoms with Gasteiger partial charge in [-0.2, -0.15) is 0 Å². The van der Waals surface area contributed by atoms with Gasteiger partial charge in [0, 0.05) is 6.54 Å². The number of carbonyl (C=O) groups excluding carboxylic acids is 1. The number of carbonyl (C=O) groups is 2. The molecule has 0 aliphatic rings. The molecule has 1 aromatic carbocycles. The first-order valence-corrected chi connectivity index (χ1v) is 5.83. The number of benzene rings is 1. The van der Waals surface area contributed by atoms with Gasteiger partial charge < -0.3 is 10.0 Å². The molecule has 1 N–H and O–H groups in total. The average Bonchev–Trinajstić information content (AvgIpc) is 2.32. The molecule has 0 radical (unpaired) electrons. The highest BCUT2D eigenvalue weighted by atomic mass is 19.1. The Bertz CT molecular complexity index is 503. The van der Waals surface area contributed by atoms with Gasteiger partial charge in [0.2, 0.25) is 0 Å². The number of hydrogen-bond donors (Lipinski definition) is 1. The molecular weight excluding hydrogens is 256 g/mol. The largest absolute Gasteiger partial charge is 0.480 e. The minimum absolute atomic E-state index is 0.0920. The molecule has 0 fully saturated rings. The first-order chi connectivity index (χ1) is 8.86. The quantitative estimate of drug-likeness (QED) is 0.893. The number of carboxylic acid groups (broad SMARTS) is 1. The predicted molar refractivity (Wildman–Crippen MR) is 64.9 cm³/mol. The summed E-state index contributed by atoms with van der Waals surface area (Å²) in [7, 11) is 0. The van der Waals surface area contributed by atoms with E-state index in [0.29, 0.717) is 6.42 Å². The Hall–Kier alpha value is -1.98. The van der Waals surface area contributed by atoms with Gasteiger partial charge in [0.1, 0.15) is 18.2 Å². The molecule has 0 saturated carbocycles. The van der Waals surface area contributed by atoms with Gasteiger partial charge in [0.15, 0.2) is 0 Å². The van der Waals surface area contributed by atoms with Crippen LogP contribution in [0, 0.1) is 18.6 Å². The van der Waals surface area contributed by atoms with Crippen molar-refractivity contribution in [2.75, 3.05) is 13.1 Å². The van der Waals surface area contributed by atoms with E-state index in [1.165, 1.54) is 6.92 Å². The Kier molecular flexibility index (Phi) is 4.97. The van der Waals surface area contributed by atoms with Crippen molar-refractivity contribution in [3.63, 3.8) is 0 Å². The molecule has 104 valence electrons. The van der Waals surface area contributed by atoms with Gasteiger partial charge in [-0.15, -0.1) is 0 Å². The summed E-state index contributed by atoms with van der Waals surface area (Å²) in [6, 6.07) is 1.73. The number of hydrogen-bond acceptors (Lipinski definition) is 2. The molecule has 19 heavy (non-hydrogen) atoms. The molecule has 1 amide bonds. The molecular formula is C13H15F2NO3. The van der Waals surface area contributed by atoms with Crippen LogP contribution in [0.4, 0.5) is 8.78 Å². The zero-order valence-corrected chi connectivity index (χ0v) is 10.7. The van der Waals surface area contributed by atoms with Crippen LogP contribution < -0.4 is 0 Å². The minimum Gasteiger partial charge on any atom is -0.480 e. The van der Waals surface area contributed by atoms with Crippen molar-refractivity contribution in [2.24, 2.45) is 0 Å². The fraction of sp³-hybridized carbons (Fsp3) is 0.385. The third-order valence-electron chi connectivity index (χ3n) is 2.59. The number of nitrogens with zero attached hydrogens (tertiary/aromatic N) is 1. The number of amides is 1. The summed E-state index contributed by atoms with van der Waals surface area (Å²) >= 11 is 0. The van der Waals surface area contributed by atoms with Crippen molar-refractivity contribution in [1.29, 1.82) is 0 Å². The lowest BCUT2D eigenvalue weighted by Crippen LogP contribution is -2.36. The number of carboxylic acids is 1. The highest BCUT2D eigenvalue weighted by Crippen LogP contribution is 2.16. The van der Waals surface area contributed by atoms with Gasteiger partial charge in [-0.05, 0) is 31.0 Å². The monoisotopic (exact) mass is 271 g/mol. The molecule has 0 atom stereocenters. The van der Waals surface area contributed by atoms with Gasteiger partial charge in [0.05, 0.1) is 5.56 Å². The lowest BCUT2D eigenvalue weighted by molar-refractivity contribution is -0.137. The lowest BCUT2D eigenvalue weighted by atomic mass is 10.1. The van der Waals surface area contributed by atoms with Crippen LogP contribution in [0.25, 0.3) is 0 Å². The van der Waals surface area contributed by atoms with E-state index in [2.05, 4.69) is 0 Å². The Morgan fingerprint density at radius 3 is 2.42 bits per heavy atom. The van der Waals surface area contributed by atoms with E-state index in [1.807, 2.05) is 0 Å². The molecule has 0 spiro atoms. The Morgan fingerprint density at radius 2 is 1.89 bits per heavy atom. The van der Waals surface area contributed by atoms with Crippen LogP contribution in [0.5, 0.6) is 0 Å². The first-order valence-electron chi connectivity index (χ1n) is 5.83. The summed E-state index contributed by atoms with van der Waals surface area (Å²) < 4.78 is 27.0. The second-order valence-corrected chi connectivity index (χ2v) is 4.20. The maximum absolute atomic E-state index is 13.7. The standard InChI is InChI=1S/C13H15F2NO3/c1-3-4-16(7-12(17)18)13(19)9-6-10(14)8(2)5-11(9)15/h5-6H,3-4,7H2,1-2H3,(H,17,18). The molecule has 0 saturated heterocycles. The van der Waals surface area contributed by atoms with Crippen molar-refractivity contribution in [3.05, 3.63) is 34.9 Å². The molecule has 0 aliphatic heterocycles. The number of aliphatic carboxylic acids is 1. The van der Waals surface area contributed by atoms with E-state index in [9.17, 15) is 18.4 Å². The molecule has 1 aromatic rings. The van der Waals surface area contributed by atoms with E-state index in [-0.39, 0.29) is 12.1 Å². The van der Waals surface area contributed by atoms with Crippen LogP contribution in [0.15, 0.2) is 12.1 Å². The van der Waals surface area contributed by atoms with E-state index < -0.39 is 35.6 Å². The minimum atomic E-state index is -1.20. The zero-order valence-electron chi connectivity index (χ0n) is 10.7. The van der Waals surface area contributed by atoms with Crippen molar-refractivity contribution >= 4 is 11.9 Å². The number of aryl methyl sites for hydroxylation is 1. The molecule has 0 unspecified atom stereocenters. The summed E-state index contributed by atoms with van der Waals surface area (Å²) in [5, 5.41) is 8.71. The molecule has 0 heterocycles. The lowest BCUT2D eigenvalue weighted by Gasteiger charge is -2.20. The SMILES string of the molecule is CCCN(CC(=O)O)C(=O)c1cc(F)c(C)cc1F. The molecule has 1 rings (SSSR count). The third-order valence-corrected chi connectivity index (χ3v) is 2.59. The summed E-state index contributed by atoms with van der Waals surface area (Å²) in [6.07, 6.45) is 0.523. The topological polar surface area (TPSA) is 57.6 Å². The van der Waals surface area contributed by atoms with Crippen molar-refractivity contribution < 1.29 is 23.5 Å². The van der Waals surface area contributed by atoms with Crippen LogP contribution in [0.3, 0.4) is 0 Å². The van der Waals surface area contributed by atoms with Gasteiger partial charge in [-0.1, -0.05) is 6.92 Å². The van der Waals surface area contributed by atoms with Crippen LogP contribution >= 0.6 is 0 Å². The average molecular weight is 271 g/mol. The van der Waals surface area contributed by atoms with Gasteiger partial charge in [-0.25, -0.2) is 8.78 Å². The normalized spacial score (nSPS) is 10.3. The second-order valence-electron chi connectivity index (χ2n) is 4.20. The van der Waals surface area contributed by atoms with Crippen LogP contribution in [-0.2, 0) is 4.79 Å². The van der Waals surface area contributed by atoms with Crippen LogP contribution in [0.1, 0.15) is 29.3 Å². The summed E-state index contributed by atoms with van der Waals surface area (Å²) in [5.74, 6) is -3.57. The summed E-state index contributed by atoms with van der Waals surface area (Å²) in [6.45, 7) is 2.77. The Balaban J connectivity index is 3.08. The molecule has 0 bridgehead atoms. The maximum atomic E-state index is 13.7. The number of rotatable bonds is 5. The van der Waals surface area contributed by atoms with Crippen molar-refractivity contribution in [2.45, 2.75) is 20.3 Å². The molecule has 0 aromatic heterocycles. The van der Waals surface area contributed by atoms with Crippen molar-refractivity contribution in [3.8, 4) is 0 Å². The first kappa shape index (κ1) is 15.1. The fourth-order valence-electron chi connectivity index (χ4n) is 1.67. The number of halogens is 2. The van der Waals surface area contributed by atoms with Crippen LogP contribution in [-0.4, -0.2) is 35.0 Å².